The molecule has 2 heterocycles. The number of halogens is 1. The van der Waals surface area contributed by atoms with E-state index in [2.05, 4.69) is 15.8 Å². The molecule has 0 unspecified atom stereocenters. The van der Waals surface area contributed by atoms with E-state index in [1.807, 2.05) is 32.0 Å². The van der Waals surface area contributed by atoms with Gasteiger partial charge >= 0.3 is 0 Å². The van der Waals surface area contributed by atoms with E-state index in [0.29, 0.717) is 21.1 Å². The molecule has 4 rings (SSSR count). The lowest BCUT2D eigenvalue weighted by molar-refractivity contribution is -0.119. The van der Waals surface area contributed by atoms with E-state index in [9.17, 15) is 18.8 Å². The molecule has 0 aliphatic rings. The maximum Gasteiger partial charge on any atom is 0.269 e. The van der Waals surface area contributed by atoms with Crippen molar-refractivity contribution in [3.63, 3.8) is 0 Å². The minimum Gasteiger partial charge on any atom is -0.272 e. The quantitative estimate of drug-likeness (QED) is 0.257. The van der Waals surface area contributed by atoms with Crippen LogP contribution < -0.4 is 16.4 Å². The molecule has 10 heteroatoms. The normalized spacial score (nSPS) is 10.9. The lowest BCUT2D eigenvalue weighted by Crippen LogP contribution is -2.42. The number of rotatable bonds is 5. The van der Waals surface area contributed by atoms with Crippen molar-refractivity contribution < 1.29 is 14.0 Å². The Kier molecular flexibility index (Phi) is 6.57. The molecular weight excluding hydrogens is 463 g/mol. The standard InChI is InChI=1S/C23H19FN4O3S2/c1-13-14(2)33-21-19(13)22(31)28(17-6-4-3-5-7-17)23(25-21)32-12-18(29)26-27-20(30)15-8-10-16(24)11-9-15/h3-11H,12H2,1-2H3,(H,26,29)(H,27,30). The van der Waals surface area contributed by atoms with Crippen molar-refractivity contribution in [3.05, 3.63) is 86.8 Å². The van der Waals surface area contributed by atoms with Crippen LogP contribution in [-0.4, -0.2) is 27.1 Å². The van der Waals surface area contributed by atoms with E-state index in [1.165, 1.54) is 28.0 Å². The van der Waals surface area contributed by atoms with Crippen LogP contribution >= 0.6 is 23.1 Å². The van der Waals surface area contributed by atoms with Crippen molar-refractivity contribution in [1.29, 1.82) is 0 Å². The summed E-state index contributed by atoms with van der Waals surface area (Å²) in [5.41, 5.74) is 6.17. The van der Waals surface area contributed by atoms with Gasteiger partial charge in [-0.3, -0.25) is 29.8 Å². The number of benzene rings is 2. The largest absolute Gasteiger partial charge is 0.272 e. The van der Waals surface area contributed by atoms with E-state index >= 15 is 0 Å². The summed E-state index contributed by atoms with van der Waals surface area (Å²) in [6.07, 6.45) is 0. The predicted molar refractivity (Wildman–Crippen MR) is 127 cm³/mol. The molecule has 2 aromatic heterocycles. The molecule has 0 aliphatic carbocycles. The maximum atomic E-state index is 13.4. The molecule has 33 heavy (non-hydrogen) atoms. The van der Waals surface area contributed by atoms with Crippen molar-refractivity contribution in [2.75, 3.05) is 5.75 Å². The second kappa shape index (κ2) is 9.55. The Morgan fingerprint density at radius 1 is 1.06 bits per heavy atom. The van der Waals surface area contributed by atoms with E-state index in [0.717, 1.165) is 34.3 Å². The van der Waals surface area contributed by atoms with E-state index in [1.54, 1.807) is 12.1 Å². The van der Waals surface area contributed by atoms with Crippen molar-refractivity contribution >= 4 is 45.1 Å². The zero-order chi connectivity index (χ0) is 23.5. The van der Waals surface area contributed by atoms with Crippen LogP contribution in [0.5, 0.6) is 0 Å². The number of carbonyl (C=O) groups excluding carboxylic acids is 2. The van der Waals surface area contributed by atoms with Crippen LogP contribution in [-0.2, 0) is 4.79 Å². The third-order valence-electron chi connectivity index (χ3n) is 4.94. The summed E-state index contributed by atoms with van der Waals surface area (Å²) in [7, 11) is 0. The van der Waals surface area contributed by atoms with Gasteiger partial charge in [0.1, 0.15) is 10.6 Å². The first kappa shape index (κ1) is 22.7. The predicted octanol–water partition coefficient (Wildman–Crippen LogP) is 3.76. The van der Waals surface area contributed by atoms with Crippen molar-refractivity contribution in [2.45, 2.75) is 19.0 Å². The number of aromatic nitrogens is 2. The van der Waals surface area contributed by atoms with Gasteiger partial charge in [0.05, 0.1) is 16.8 Å². The minimum atomic E-state index is -0.571. The molecule has 4 aromatic rings. The van der Waals surface area contributed by atoms with Crippen LogP contribution in [0.1, 0.15) is 20.8 Å². The molecule has 0 atom stereocenters. The van der Waals surface area contributed by atoms with Crippen molar-refractivity contribution in [2.24, 2.45) is 0 Å². The summed E-state index contributed by atoms with van der Waals surface area (Å²) in [5.74, 6) is -1.60. The summed E-state index contributed by atoms with van der Waals surface area (Å²) in [6.45, 7) is 3.84. The van der Waals surface area contributed by atoms with Crippen molar-refractivity contribution in [3.8, 4) is 5.69 Å². The molecule has 2 N–H and O–H groups in total. The van der Waals surface area contributed by atoms with Gasteiger partial charge in [-0.25, -0.2) is 9.37 Å². The molecule has 2 aromatic carbocycles. The highest BCUT2D eigenvalue weighted by Crippen LogP contribution is 2.29. The van der Waals surface area contributed by atoms with E-state index < -0.39 is 17.6 Å². The van der Waals surface area contributed by atoms with Crippen LogP contribution in [0, 0.1) is 19.7 Å². The highest BCUT2D eigenvalue weighted by atomic mass is 32.2. The Morgan fingerprint density at radius 2 is 1.76 bits per heavy atom. The number of thiophene rings is 1. The highest BCUT2D eigenvalue weighted by Gasteiger charge is 2.19. The average Bonchev–Trinajstić information content (AvgIpc) is 3.10. The van der Waals surface area contributed by atoms with Gasteiger partial charge in [0, 0.05) is 10.4 Å². The van der Waals surface area contributed by atoms with Crippen LogP contribution in [0.4, 0.5) is 4.39 Å². The van der Waals surface area contributed by atoms with Gasteiger partial charge in [-0.15, -0.1) is 11.3 Å². The first-order valence-electron chi connectivity index (χ1n) is 9.91. The molecule has 0 radical (unpaired) electrons. The monoisotopic (exact) mass is 482 g/mol. The second-order valence-corrected chi connectivity index (χ2v) is 9.28. The number of nitrogens with zero attached hydrogens (tertiary/aromatic N) is 2. The fourth-order valence-corrected chi connectivity index (χ4v) is 5.03. The van der Waals surface area contributed by atoms with Gasteiger partial charge in [-0.05, 0) is 55.8 Å². The third kappa shape index (κ3) is 4.81. The number of hydrogen-bond acceptors (Lipinski definition) is 6. The molecule has 0 fully saturated rings. The number of nitrogens with one attached hydrogen (secondary N) is 2. The number of fused-ring (bicyclic) bond motifs is 1. The number of amides is 2. The average molecular weight is 483 g/mol. The molecular formula is C23H19FN4O3S2. The Hall–Kier alpha value is -3.50. The summed E-state index contributed by atoms with van der Waals surface area (Å²) < 4.78 is 14.5. The topological polar surface area (TPSA) is 93.1 Å². The zero-order valence-electron chi connectivity index (χ0n) is 17.7. The lowest BCUT2D eigenvalue weighted by Gasteiger charge is -2.12. The first-order valence-corrected chi connectivity index (χ1v) is 11.7. The van der Waals surface area contributed by atoms with Gasteiger partial charge in [0.15, 0.2) is 5.16 Å². The molecule has 0 saturated heterocycles. The van der Waals surface area contributed by atoms with Gasteiger partial charge in [0.25, 0.3) is 11.5 Å². The SMILES string of the molecule is Cc1sc2nc(SCC(=O)NNC(=O)c3ccc(F)cc3)n(-c3ccccc3)c(=O)c2c1C. The van der Waals surface area contributed by atoms with E-state index in [4.69, 9.17) is 0 Å². The number of aryl methyl sites for hydroxylation is 2. The molecule has 168 valence electrons. The first-order chi connectivity index (χ1) is 15.8. The molecule has 7 nitrogen and oxygen atoms in total. The van der Waals surface area contributed by atoms with Gasteiger partial charge in [0.2, 0.25) is 5.91 Å². The minimum absolute atomic E-state index is 0.0855. The summed E-state index contributed by atoms with van der Waals surface area (Å²) in [5, 5.41) is 0.946. The number of hydrogen-bond donors (Lipinski definition) is 2. The number of para-hydroxylation sites is 1. The summed E-state index contributed by atoms with van der Waals surface area (Å²) in [6, 6.07) is 14.0. The van der Waals surface area contributed by atoms with Gasteiger partial charge in [-0.2, -0.15) is 0 Å². The molecule has 2 amide bonds. The Morgan fingerprint density at radius 3 is 2.45 bits per heavy atom. The van der Waals surface area contributed by atoms with Crippen molar-refractivity contribution in [1.82, 2.24) is 20.4 Å². The Labute approximate surface area is 196 Å². The molecule has 0 saturated carbocycles. The van der Waals surface area contributed by atoms with Crippen LogP contribution in [0.2, 0.25) is 0 Å². The van der Waals surface area contributed by atoms with E-state index in [-0.39, 0.29) is 16.9 Å². The van der Waals surface area contributed by atoms with Gasteiger partial charge in [-0.1, -0.05) is 30.0 Å². The molecule has 0 aliphatic heterocycles. The number of carbonyl (C=O) groups is 2. The molecule has 0 spiro atoms. The lowest BCUT2D eigenvalue weighted by atomic mass is 10.2. The number of thioether (sulfide) groups is 1. The van der Waals surface area contributed by atoms with Crippen LogP contribution in [0.15, 0.2) is 64.5 Å². The smallest absolute Gasteiger partial charge is 0.269 e. The fraction of sp³-hybridized carbons (Fsp3) is 0.130. The Bertz CT molecular complexity index is 1400. The zero-order valence-corrected chi connectivity index (χ0v) is 19.3. The van der Waals surface area contributed by atoms with Crippen LogP contribution in [0.3, 0.4) is 0 Å². The van der Waals surface area contributed by atoms with Crippen LogP contribution in [0.25, 0.3) is 15.9 Å². The van der Waals surface area contributed by atoms with Gasteiger partial charge < -0.3 is 0 Å². The summed E-state index contributed by atoms with van der Waals surface area (Å²) in [4.78, 5) is 44.1. The fourth-order valence-electron chi connectivity index (χ4n) is 3.14. The maximum absolute atomic E-state index is 13.4. The third-order valence-corrected chi connectivity index (χ3v) is 6.98. The Balaban J connectivity index is 1.54. The summed E-state index contributed by atoms with van der Waals surface area (Å²) >= 11 is 2.53. The highest BCUT2D eigenvalue weighted by molar-refractivity contribution is 7.99. The molecule has 0 bridgehead atoms. The number of hydrazine groups is 1. The second-order valence-electron chi connectivity index (χ2n) is 7.13.